The number of rotatable bonds is 9. The molecule has 0 saturated carbocycles. The Morgan fingerprint density at radius 2 is 1.57 bits per heavy atom. The summed E-state index contributed by atoms with van der Waals surface area (Å²) in [6.07, 6.45) is 3.65. The molecule has 0 bridgehead atoms. The third kappa shape index (κ3) is 9.46. The van der Waals surface area contributed by atoms with Crippen molar-refractivity contribution in [1.82, 2.24) is 20.4 Å². The van der Waals surface area contributed by atoms with Gasteiger partial charge in [-0.25, -0.2) is 9.59 Å². The lowest BCUT2D eigenvalue weighted by Gasteiger charge is -2.36. The highest BCUT2D eigenvalue weighted by molar-refractivity contribution is 5.99. The molecule has 2 aliphatic heterocycles. The first-order chi connectivity index (χ1) is 19.8. The average molecular weight is 587 g/mol. The van der Waals surface area contributed by atoms with E-state index >= 15 is 0 Å². The van der Waals surface area contributed by atoms with Crippen molar-refractivity contribution >= 4 is 29.8 Å². The molecule has 0 spiro atoms. The summed E-state index contributed by atoms with van der Waals surface area (Å²) in [5, 5.41) is 5.31. The first-order valence-electron chi connectivity index (χ1n) is 14.9. The first kappa shape index (κ1) is 32.9. The molecule has 2 N–H and O–H groups in total. The van der Waals surface area contributed by atoms with Crippen molar-refractivity contribution in [2.75, 3.05) is 32.8 Å². The summed E-state index contributed by atoms with van der Waals surface area (Å²) in [6, 6.07) is 8.40. The molecule has 3 rings (SSSR count). The molecule has 232 valence electrons. The van der Waals surface area contributed by atoms with E-state index in [0.717, 1.165) is 19.3 Å². The lowest BCUT2D eigenvalue weighted by Crippen LogP contribution is -2.65. The van der Waals surface area contributed by atoms with Gasteiger partial charge in [0.05, 0.1) is 12.5 Å². The maximum Gasteiger partial charge on any atom is 0.410 e. The van der Waals surface area contributed by atoms with Crippen LogP contribution in [0.3, 0.4) is 0 Å². The van der Waals surface area contributed by atoms with E-state index < -0.39 is 35.0 Å². The van der Waals surface area contributed by atoms with E-state index in [9.17, 15) is 24.0 Å². The number of benzene rings is 1. The van der Waals surface area contributed by atoms with Gasteiger partial charge in [0.15, 0.2) is 0 Å². The van der Waals surface area contributed by atoms with E-state index in [2.05, 4.69) is 10.6 Å². The molecule has 2 atom stereocenters. The van der Waals surface area contributed by atoms with Crippen LogP contribution in [0.5, 0.6) is 0 Å². The highest BCUT2D eigenvalue weighted by Gasteiger charge is 2.41. The largest absolute Gasteiger partial charge is 0.463 e. The molecular weight excluding hydrogens is 540 g/mol. The van der Waals surface area contributed by atoms with Gasteiger partial charge in [-0.2, -0.15) is 0 Å². The lowest BCUT2D eigenvalue weighted by molar-refractivity contribution is -0.154. The van der Waals surface area contributed by atoms with Crippen molar-refractivity contribution in [3.63, 3.8) is 0 Å². The zero-order chi connectivity index (χ0) is 30.9. The number of carbonyl (C=O) groups is 5. The standard InChI is InChI=1S/C31H46N4O7/c1-6-41-28(39)31(5,32-26(37)23-11-8-7-9-12-23)33-27(38)24-13-10-18-35(21-24)25(36)15-14-22-16-19-34(20-17-22)29(40)42-30(2,3)4/h7-9,11-12,22,24H,6,10,13-21H2,1-5H3,(H,32,37)(H,33,38)/t24-,31+/m1/s1. The molecule has 0 aliphatic carbocycles. The third-order valence-corrected chi connectivity index (χ3v) is 7.63. The molecule has 1 aromatic rings. The summed E-state index contributed by atoms with van der Waals surface area (Å²) in [6.45, 7) is 10.7. The van der Waals surface area contributed by atoms with Gasteiger partial charge >= 0.3 is 12.1 Å². The van der Waals surface area contributed by atoms with Crippen LogP contribution in [0.15, 0.2) is 30.3 Å². The van der Waals surface area contributed by atoms with Crippen LogP contribution in [0, 0.1) is 11.8 Å². The Hall–Kier alpha value is -3.63. The zero-order valence-corrected chi connectivity index (χ0v) is 25.6. The predicted molar refractivity (Wildman–Crippen MR) is 156 cm³/mol. The number of nitrogens with one attached hydrogen (secondary N) is 2. The quantitative estimate of drug-likeness (QED) is 0.334. The third-order valence-electron chi connectivity index (χ3n) is 7.63. The number of ether oxygens (including phenoxy) is 2. The summed E-state index contributed by atoms with van der Waals surface area (Å²) >= 11 is 0. The average Bonchev–Trinajstić information content (AvgIpc) is 2.95. The molecule has 11 nitrogen and oxygen atoms in total. The number of piperidine rings is 2. The Morgan fingerprint density at radius 3 is 2.19 bits per heavy atom. The van der Waals surface area contributed by atoms with Gasteiger partial charge in [0.2, 0.25) is 17.5 Å². The van der Waals surface area contributed by atoms with Crippen molar-refractivity contribution < 1.29 is 33.4 Å². The second-order valence-corrected chi connectivity index (χ2v) is 12.3. The molecule has 2 saturated heterocycles. The summed E-state index contributed by atoms with van der Waals surface area (Å²) in [7, 11) is 0. The highest BCUT2D eigenvalue weighted by Crippen LogP contribution is 2.25. The Labute approximate surface area is 248 Å². The van der Waals surface area contributed by atoms with Gasteiger partial charge < -0.3 is 29.9 Å². The van der Waals surface area contributed by atoms with Crippen molar-refractivity contribution in [3.8, 4) is 0 Å². The van der Waals surface area contributed by atoms with E-state index in [-0.39, 0.29) is 25.2 Å². The van der Waals surface area contributed by atoms with Crippen LogP contribution in [0.2, 0.25) is 0 Å². The smallest absolute Gasteiger partial charge is 0.410 e. The van der Waals surface area contributed by atoms with Gasteiger partial charge in [0, 0.05) is 38.2 Å². The normalized spacial score (nSPS) is 19.3. The minimum atomic E-state index is -1.78. The minimum Gasteiger partial charge on any atom is -0.463 e. The van der Waals surface area contributed by atoms with Crippen LogP contribution in [0.1, 0.15) is 83.5 Å². The maximum atomic E-state index is 13.3. The van der Waals surface area contributed by atoms with Crippen LogP contribution < -0.4 is 10.6 Å². The van der Waals surface area contributed by atoms with Gasteiger partial charge in [-0.1, -0.05) is 18.2 Å². The van der Waals surface area contributed by atoms with Crippen molar-refractivity contribution in [3.05, 3.63) is 35.9 Å². The van der Waals surface area contributed by atoms with Crippen LogP contribution in [-0.4, -0.2) is 83.6 Å². The molecule has 4 amide bonds. The number of carbonyl (C=O) groups excluding carboxylic acids is 5. The number of hydrogen-bond donors (Lipinski definition) is 2. The van der Waals surface area contributed by atoms with Crippen LogP contribution in [0.4, 0.5) is 4.79 Å². The molecule has 1 aromatic carbocycles. The molecule has 0 radical (unpaired) electrons. The molecular formula is C31H46N4O7. The predicted octanol–water partition coefficient (Wildman–Crippen LogP) is 3.48. The number of nitrogens with zero attached hydrogens (tertiary/aromatic N) is 2. The number of esters is 1. The van der Waals surface area contributed by atoms with E-state index in [1.54, 1.807) is 47.1 Å². The zero-order valence-electron chi connectivity index (χ0n) is 25.6. The summed E-state index contributed by atoms with van der Waals surface area (Å²) in [4.78, 5) is 67.9. The molecule has 2 heterocycles. The van der Waals surface area contributed by atoms with E-state index in [1.807, 2.05) is 20.8 Å². The van der Waals surface area contributed by atoms with Crippen molar-refractivity contribution in [2.45, 2.75) is 84.4 Å². The van der Waals surface area contributed by atoms with Crippen molar-refractivity contribution in [2.24, 2.45) is 11.8 Å². The van der Waals surface area contributed by atoms with Crippen LogP contribution in [0.25, 0.3) is 0 Å². The number of hydrogen-bond acceptors (Lipinski definition) is 7. The molecule has 11 heteroatoms. The first-order valence-corrected chi connectivity index (χ1v) is 14.9. The molecule has 0 aromatic heterocycles. The summed E-state index contributed by atoms with van der Waals surface area (Å²) in [5.74, 6) is -1.91. The molecule has 2 fully saturated rings. The SMILES string of the molecule is CCOC(=O)[C@@](C)(NC(=O)c1ccccc1)NC(=O)[C@@H]1CCCN(C(=O)CCC2CCN(C(=O)OC(C)(C)C)CC2)C1. The van der Waals surface area contributed by atoms with Gasteiger partial charge in [0.25, 0.3) is 5.91 Å². The maximum absolute atomic E-state index is 13.3. The second-order valence-electron chi connectivity index (χ2n) is 12.3. The number of likely N-dealkylation sites (tertiary alicyclic amines) is 2. The Morgan fingerprint density at radius 1 is 0.905 bits per heavy atom. The van der Waals surface area contributed by atoms with Crippen molar-refractivity contribution in [1.29, 1.82) is 0 Å². The van der Waals surface area contributed by atoms with Crippen LogP contribution in [-0.2, 0) is 23.9 Å². The fourth-order valence-corrected chi connectivity index (χ4v) is 5.28. The monoisotopic (exact) mass is 586 g/mol. The fourth-order valence-electron chi connectivity index (χ4n) is 5.28. The van der Waals surface area contributed by atoms with Gasteiger partial charge in [-0.15, -0.1) is 0 Å². The van der Waals surface area contributed by atoms with E-state index in [0.29, 0.717) is 50.4 Å². The summed E-state index contributed by atoms with van der Waals surface area (Å²) < 4.78 is 10.6. The summed E-state index contributed by atoms with van der Waals surface area (Å²) in [5.41, 5.74) is -1.97. The van der Waals surface area contributed by atoms with E-state index in [4.69, 9.17) is 9.47 Å². The highest BCUT2D eigenvalue weighted by atomic mass is 16.6. The fraction of sp³-hybridized carbons (Fsp3) is 0.645. The lowest BCUT2D eigenvalue weighted by atomic mass is 9.91. The van der Waals surface area contributed by atoms with E-state index in [1.165, 1.54) is 6.92 Å². The molecule has 2 aliphatic rings. The Bertz CT molecular complexity index is 1110. The second kappa shape index (κ2) is 14.5. The number of amides is 4. The Balaban J connectivity index is 1.52. The van der Waals surface area contributed by atoms with Gasteiger partial charge in [-0.05, 0) is 84.8 Å². The Kier molecular flexibility index (Phi) is 11.4. The molecule has 42 heavy (non-hydrogen) atoms. The topological polar surface area (TPSA) is 134 Å². The van der Waals surface area contributed by atoms with Gasteiger partial charge in [0.1, 0.15) is 5.60 Å². The minimum absolute atomic E-state index is 0.00685. The van der Waals surface area contributed by atoms with Gasteiger partial charge in [-0.3, -0.25) is 14.4 Å². The molecule has 0 unspecified atom stereocenters. The van der Waals surface area contributed by atoms with Crippen LogP contribution >= 0.6 is 0 Å².